The van der Waals surface area contributed by atoms with Crippen LogP contribution in [-0.4, -0.2) is 36.1 Å². The predicted molar refractivity (Wildman–Crippen MR) is 82.2 cm³/mol. The monoisotopic (exact) mass is 264 g/mol. The number of hydrogen-bond acceptors (Lipinski definition) is 4. The molecule has 0 saturated carbocycles. The molecule has 1 aromatic heterocycles. The number of aryl methyl sites for hydroxylation is 1. The summed E-state index contributed by atoms with van der Waals surface area (Å²) in [5, 5.41) is 3.54. The Morgan fingerprint density at radius 3 is 2.53 bits per heavy atom. The van der Waals surface area contributed by atoms with Crippen molar-refractivity contribution in [3.05, 3.63) is 23.4 Å². The van der Waals surface area contributed by atoms with Gasteiger partial charge < -0.3 is 16.0 Å². The van der Waals surface area contributed by atoms with Gasteiger partial charge in [-0.25, -0.2) is 4.98 Å². The summed E-state index contributed by atoms with van der Waals surface area (Å²) in [6.07, 6.45) is 2.84. The molecule has 4 nitrogen and oxygen atoms in total. The van der Waals surface area contributed by atoms with Gasteiger partial charge in [-0.2, -0.15) is 0 Å². The van der Waals surface area contributed by atoms with Crippen LogP contribution in [0.2, 0.25) is 0 Å². The van der Waals surface area contributed by atoms with Crippen molar-refractivity contribution < 1.29 is 0 Å². The Balaban J connectivity index is 2.82. The molecule has 0 saturated heterocycles. The van der Waals surface area contributed by atoms with Gasteiger partial charge in [0.2, 0.25) is 0 Å². The van der Waals surface area contributed by atoms with Gasteiger partial charge in [0.1, 0.15) is 5.82 Å². The number of anilines is 1. The molecule has 0 fully saturated rings. The third-order valence-electron chi connectivity index (χ3n) is 3.67. The number of nitrogens with zero attached hydrogens (tertiary/aromatic N) is 2. The Morgan fingerprint density at radius 2 is 2.00 bits per heavy atom. The minimum atomic E-state index is 0.291. The van der Waals surface area contributed by atoms with Crippen molar-refractivity contribution in [3.63, 3.8) is 0 Å². The second kappa shape index (κ2) is 8.12. The number of nitrogens with two attached hydrogens (primary N) is 1. The average molecular weight is 264 g/mol. The Bertz CT molecular complexity index is 354. The number of aromatic nitrogens is 1. The summed E-state index contributed by atoms with van der Waals surface area (Å²) in [4.78, 5) is 6.67. The van der Waals surface area contributed by atoms with Gasteiger partial charge in [0.25, 0.3) is 0 Å². The van der Waals surface area contributed by atoms with Crippen LogP contribution in [0.25, 0.3) is 0 Å². The fraction of sp³-hybridized carbons (Fsp3) is 0.667. The molecule has 0 bridgehead atoms. The summed E-state index contributed by atoms with van der Waals surface area (Å²) in [7, 11) is 0. The highest BCUT2D eigenvalue weighted by atomic mass is 15.1. The number of nitrogen functional groups attached to an aromatic ring is 1. The first-order valence-corrected chi connectivity index (χ1v) is 7.30. The van der Waals surface area contributed by atoms with Crippen LogP contribution in [0.5, 0.6) is 0 Å². The van der Waals surface area contributed by atoms with Crippen molar-refractivity contribution in [2.75, 3.05) is 31.9 Å². The zero-order chi connectivity index (χ0) is 14.3. The van der Waals surface area contributed by atoms with E-state index in [1.807, 2.05) is 6.07 Å². The Kier molecular flexibility index (Phi) is 6.81. The molecule has 4 heteroatoms. The second-order valence-electron chi connectivity index (χ2n) is 4.85. The van der Waals surface area contributed by atoms with Crippen molar-refractivity contribution >= 4 is 5.82 Å². The van der Waals surface area contributed by atoms with Crippen LogP contribution in [0.1, 0.15) is 44.4 Å². The minimum Gasteiger partial charge on any atom is -0.383 e. The average Bonchev–Trinajstić information content (AvgIpc) is 2.39. The van der Waals surface area contributed by atoms with E-state index in [2.05, 4.69) is 42.9 Å². The predicted octanol–water partition coefficient (Wildman–Crippen LogP) is 2.35. The molecule has 19 heavy (non-hydrogen) atoms. The third-order valence-corrected chi connectivity index (χ3v) is 3.67. The maximum Gasteiger partial charge on any atom is 0.128 e. The number of hydrogen-bond donors (Lipinski definition) is 2. The minimum absolute atomic E-state index is 0.291. The van der Waals surface area contributed by atoms with Crippen LogP contribution in [0.15, 0.2) is 12.3 Å². The van der Waals surface area contributed by atoms with Crippen molar-refractivity contribution in [3.8, 4) is 0 Å². The molecule has 0 amide bonds. The SMILES string of the molecule is CCNC(CCN(CC)CC)c1c(C)ccnc1N. The van der Waals surface area contributed by atoms with Gasteiger partial charge in [0.05, 0.1) is 0 Å². The smallest absolute Gasteiger partial charge is 0.128 e. The van der Waals surface area contributed by atoms with Crippen LogP contribution in [0.4, 0.5) is 5.82 Å². The number of nitrogens with one attached hydrogen (secondary N) is 1. The maximum atomic E-state index is 6.06. The van der Waals surface area contributed by atoms with Crippen LogP contribution in [-0.2, 0) is 0 Å². The van der Waals surface area contributed by atoms with Gasteiger partial charge in [-0.1, -0.05) is 20.8 Å². The summed E-state index contributed by atoms with van der Waals surface area (Å²) in [6.45, 7) is 12.9. The molecular weight excluding hydrogens is 236 g/mol. The van der Waals surface area contributed by atoms with Gasteiger partial charge in [0, 0.05) is 17.8 Å². The first-order valence-electron chi connectivity index (χ1n) is 7.30. The standard InChI is InChI=1S/C15H28N4/c1-5-17-13(9-11-19(6-2)7-3)14-12(4)8-10-18-15(14)16/h8,10,13,17H,5-7,9,11H2,1-4H3,(H2,16,18). The first-order chi connectivity index (χ1) is 9.13. The lowest BCUT2D eigenvalue weighted by Crippen LogP contribution is -2.30. The third kappa shape index (κ3) is 4.48. The molecule has 108 valence electrons. The van der Waals surface area contributed by atoms with E-state index < -0.39 is 0 Å². The van der Waals surface area contributed by atoms with Crippen molar-refractivity contribution in [1.29, 1.82) is 0 Å². The van der Waals surface area contributed by atoms with E-state index >= 15 is 0 Å². The van der Waals surface area contributed by atoms with Crippen molar-refractivity contribution in [2.45, 2.75) is 40.2 Å². The quantitative estimate of drug-likeness (QED) is 0.757. The molecule has 1 atom stereocenters. The van der Waals surface area contributed by atoms with E-state index in [1.165, 1.54) is 5.56 Å². The van der Waals surface area contributed by atoms with Crippen LogP contribution < -0.4 is 11.1 Å². The zero-order valence-corrected chi connectivity index (χ0v) is 12.7. The summed E-state index contributed by atoms with van der Waals surface area (Å²) < 4.78 is 0. The molecule has 0 spiro atoms. The topological polar surface area (TPSA) is 54.2 Å². The van der Waals surface area contributed by atoms with Gasteiger partial charge in [0.15, 0.2) is 0 Å². The number of rotatable bonds is 8. The summed E-state index contributed by atoms with van der Waals surface area (Å²) in [5.74, 6) is 0.658. The lowest BCUT2D eigenvalue weighted by Gasteiger charge is -2.25. The molecule has 3 N–H and O–H groups in total. The van der Waals surface area contributed by atoms with E-state index in [0.29, 0.717) is 11.9 Å². The summed E-state index contributed by atoms with van der Waals surface area (Å²) in [5.41, 5.74) is 8.44. The highest BCUT2D eigenvalue weighted by Gasteiger charge is 2.17. The van der Waals surface area contributed by atoms with E-state index in [9.17, 15) is 0 Å². The van der Waals surface area contributed by atoms with Gasteiger partial charge in [-0.05, 0) is 51.2 Å². The molecule has 0 radical (unpaired) electrons. The lowest BCUT2D eigenvalue weighted by atomic mass is 9.99. The zero-order valence-electron chi connectivity index (χ0n) is 12.7. The molecular formula is C15H28N4. The maximum absolute atomic E-state index is 6.06. The van der Waals surface area contributed by atoms with Crippen LogP contribution in [0, 0.1) is 6.92 Å². The Labute approximate surface area is 117 Å². The van der Waals surface area contributed by atoms with E-state index in [1.54, 1.807) is 6.20 Å². The fourth-order valence-electron chi connectivity index (χ4n) is 2.49. The van der Waals surface area contributed by atoms with Gasteiger partial charge in [-0.3, -0.25) is 0 Å². The van der Waals surface area contributed by atoms with Gasteiger partial charge in [-0.15, -0.1) is 0 Å². The summed E-state index contributed by atoms with van der Waals surface area (Å²) >= 11 is 0. The first kappa shape index (κ1) is 15.9. The van der Waals surface area contributed by atoms with E-state index in [-0.39, 0.29) is 0 Å². The molecule has 1 unspecified atom stereocenters. The molecule has 1 aromatic rings. The second-order valence-corrected chi connectivity index (χ2v) is 4.85. The largest absolute Gasteiger partial charge is 0.383 e. The Hall–Kier alpha value is -1.13. The highest BCUT2D eigenvalue weighted by Crippen LogP contribution is 2.25. The van der Waals surface area contributed by atoms with Crippen LogP contribution in [0.3, 0.4) is 0 Å². The summed E-state index contributed by atoms with van der Waals surface area (Å²) in [6, 6.07) is 2.33. The Morgan fingerprint density at radius 1 is 1.32 bits per heavy atom. The fourth-order valence-corrected chi connectivity index (χ4v) is 2.49. The van der Waals surface area contributed by atoms with Crippen molar-refractivity contribution in [2.24, 2.45) is 0 Å². The molecule has 0 aliphatic carbocycles. The van der Waals surface area contributed by atoms with Crippen LogP contribution >= 0.6 is 0 Å². The van der Waals surface area contributed by atoms with Gasteiger partial charge >= 0.3 is 0 Å². The van der Waals surface area contributed by atoms with Crippen molar-refractivity contribution in [1.82, 2.24) is 15.2 Å². The number of pyridine rings is 1. The van der Waals surface area contributed by atoms with E-state index in [0.717, 1.165) is 38.2 Å². The van der Waals surface area contributed by atoms with E-state index in [4.69, 9.17) is 5.73 Å². The molecule has 0 aliphatic rings. The molecule has 0 aliphatic heterocycles. The lowest BCUT2D eigenvalue weighted by molar-refractivity contribution is 0.282. The molecule has 0 aromatic carbocycles. The molecule has 1 rings (SSSR count). The molecule has 1 heterocycles. The highest BCUT2D eigenvalue weighted by molar-refractivity contribution is 5.46. The normalized spacial score (nSPS) is 12.9.